The van der Waals surface area contributed by atoms with Crippen LogP contribution in [0.15, 0.2) is 58.4 Å². The Kier molecular flexibility index (Phi) is 21.4. The largest absolute Gasteiger partial charge is 0.511 e. The van der Waals surface area contributed by atoms with Gasteiger partial charge in [-0.15, -0.1) is 0 Å². The highest BCUT2D eigenvalue weighted by Gasteiger charge is 2.65. The van der Waals surface area contributed by atoms with E-state index in [0.29, 0.717) is 49.5 Å². The van der Waals surface area contributed by atoms with E-state index in [0.717, 1.165) is 7.11 Å². The summed E-state index contributed by atoms with van der Waals surface area (Å²) in [6.07, 6.45) is -4.21. The Bertz CT molecular complexity index is 2960. The highest BCUT2D eigenvalue weighted by atomic mass is 16.8. The minimum absolute atomic E-state index is 0.00196. The van der Waals surface area contributed by atoms with Gasteiger partial charge >= 0.3 is 18.0 Å². The lowest BCUT2D eigenvalue weighted by atomic mass is 9.49. The van der Waals surface area contributed by atoms with Crippen molar-refractivity contribution in [3.8, 4) is 0 Å². The zero-order chi connectivity index (χ0) is 67.5. The molecule has 1 saturated carbocycles. The smallest absolute Gasteiger partial charge is 0.407 e. The van der Waals surface area contributed by atoms with Crippen molar-refractivity contribution in [1.29, 1.82) is 0 Å². The maximum Gasteiger partial charge on any atom is 0.407 e. The van der Waals surface area contributed by atoms with Gasteiger partial charge in [-0.1, -0.05) is 50.6 Å². The highest BCUT2D eigenvalue weighted by Crippen LogP contribution is 2.61. The van der Waals surface area contributed by atoms with E-state index < -0.39 is 210 Å². The number of nitrogens with one attached hydrogen (secondary N) is 1. The number of aliphatic hydroxyl groups is 4. The summed E-state index contributed by atoms with van der Waals surface area (Å²) >= 11 is 0. The van der Waals surface area contributed by atoms with E-state index in [1.807, 2.05) is 39.8 Å². The van der Waals surface area contributed by atoms with E-state index in [2.05, 4.69) is 25.2 Å². The zero-order valence-corrected chi connectivity index (χ0v) is 55.4. The summed E-state index contributed by atoms with van der Waals surface area (Å²) in [7, 11) is 1.15. The summed E-state index contributed by atoms with van der Waals surface area (Å²) in [6.45, 7) is 21.0. The second-order valence-electron chi connectivity index (χ2n) is 28.2. The van der Waals surface area contributed by atoms with Crippen molar-refractivity contribution in [3.05, 3.63) is 68.5 Å². The quantitative estimate of drug-likeness (QED) is 0.0240. The average Bonchev–Trinajstić information content (AvgIpc) is 1.68. The second-order valence-corrected chi connectivity index (χ2v) is 28.2. The van der Waals surface area contributed by atoms with Gasteiger partial charge in [0.25, 0.3) is 0 Å². The maximum absolute atomic E-state index is 15.6. The van der Waals surface area contributed by atoms with Crippen LogP contribution in [0.4, 0.5) is 4.79 Å². The molecule has 2 bridgehead atoms. The lowest BCUT2D eigenvalue weighted by Gasteiger charge is -2.56. The van der Waals surface area contributed by atoms with E-state index in [1.54, 1.807) is 33.8 Å². The van der Waals surface area contributed by atoms with Crippen molar-refractivity contribution < 1.29 is 111 Å². The van der Waals surface area contributed by atoms with E-state index in [4.69, 9.17) is 61.6 Å². The lowest BCUT2D eigenvalue weighted by molar-refractivity contribution is -0.584. The highest BCUT2D eigenvalue weighted by molar-refractivity contribution is 6.26. The third kappa shape index (κ3) is 14.0. The van der Waals surface area contributed by atoms with Gasteiger partial charge in [0, 0.05) is 68.1 Å². The summed E-state index contributed by atoms with van der Waals surface area (Å²) in [5, 5.41) is 62.0. The van der Waals surface area contributed by atoms with Gasteiger partial charge in [-0.25, -0.2) is 9.59 Å². The molecule has 26 heteroatoms. The predicted octanol–water partition coefficient (Wildman–Crippen LogP) is 6.36. The molecule has 0 aromatic carbocycles. The number of amides is 1. The van der Waals surface area contributed by atoms with Crippen molar-refractivity contribution in [2.75, 3.05) is 7.11 Å². The van der Waals surface area contributed by atoms with E-state index in [-0.39, 0.29) is 43.1 Å². The molecule has 26 nitrogen and oxygen atoms in total. The third-order valence-corrected chi connectivity index (χ3v) is 21.7. The number of aldehydes is 1. The van der Waals surface area contributed by atoms with Crippen LogP contribution in [0.2, 0.25) is 0 Å². The number of Topliss-reactive ketones (excluding diaryl/α,β-unsaturated/α-hetero) is 1. The third-order valence-electron chi connectivity index (χ3n) is 21.7. The van der Waals surface area contributed by atoms with Gasteiger partial charge in [0.05, 0.1) is 86.6 Å². The van der Waals surface area contributed by atoms with Crippen LogP contribution in [0, 0.1) is 51.0 Å². The predicted molar refractivity (Wildman–Crippen MR) is 325 cm³/mol. The fourth-order valence-electron chi connectivity index (χ4n) is 16.9. The summed E-state index contributed by atoms with van der Waals surface area (Å²) in [5.74, 6) is -6.46. The van der Waals surface area contributed by atoms with Crippen LogP contribution in [0.3, 0.4) is 0 Å². The summed E-state index contributed by atoms with van der Waals surface area (Å²) in [5.41, 5.74) is -4.91. The first-order chi connectivity index (χ1) is 43.9. The molecule has 7 fully saturated rings. The van der Waals surface area contributed by atoms with Crippen LogP contribution >= 0.6 is 0 Å². The van der Waals surface area contributed by atoms with Gasteiger partial charge in [-0.2, -0.15) is 0 Å². The first-order valence-electron chi connectivity index (χ1n) is 33.1. The summed E-state index contributed by atoms with van der Waals surface area (Å²) in [4.78, 5) is 80.4. The van der Waals surface area contributed by atoms with E-state index in [9.17, 15) is 49.7 Å². The molecule has 0 aromatic rings. The van der Waals surface area contributed by atoms with Gasteiger partial charge in [0.1, 0.15) is 35.9 Å². The average molecular weight is 1310 g/mol. The minimum atomic E-state index is -2.20. The summed E-state index contributed by atoms with van der Waals surface area (Å²) < 4.78 is 81.5. The number of carbonyl (C=O) groups is 5. The first-order valence-corrected chi connectivity index (χ1v) is 33.1. The molecule has 1 spiro atoms. The normalized spacial score (nSPS) is 48.2. The molecular weight excluding hydrogens is 1220 g/mol. The number of nitro groups is 1. The first kappa shape index (κ1) is 70.7. The monoisotopic (exact) mass is 1310 g/mol. The molecule has 5 N–H and O–H groups in total. The fraction of sp³-hybridized carbons (Fsp3) is 0.776. The number of hydrogen-bond acceptors (Lipinski definition) is 24. The molecule has 6 saturated heterocycles. The van der Waals surface area contributed by atoms with Crippen LogP contribution < -0.4 is 5.32 Å². The fourth-order valence-corrected chi connectivity index (χ4v) is 16.9. The van der Waals surface area contributed by atoms with Crippen molar-refractivity contribution in [2.24, 2.45) is 40.9 Å². The number of methoxy groups -OCH3 is 1. The van der Waals surface area contributed by atoms with Gasteiger partial charge in [0.2, 0.25) is 11.3 Å². The molecule has 93 heavy (non-hydrogen) atoms. The number of carbonyl (C=O) groups excluding carboxylic acids is 5. The molecular formula is C67H96N2O24. The Balaban J connectivity index is 0.904. The van der Waals surface area contributed by atoms with Crippen molar-refractivity contribution in [3.63, 3.8) is 0 Å². The van der Waals surface area contributed by atoms with Gasteiger partial charge in [-0.3, -0.25) is 24.5 Å². The number of alkyl carbamates (subject to hydrolysis) is 1. The van der Waals surface area contributed by atoms with Gasteiger partial charge in [0.15, 0.2) is 43.2 Å². The topological polar surface area (TPSA) is 341 Å². The number of hydrogen-bond donors (Lipinski definition) is 5. The Morgan fingerprint density at radius 3 is 2.01 bits per heavy atom. The molecule has 1 amide bonds. The van der Waals surface area contributed by atoms with E-state index in [1.165, 1.54) is 19.9 Å². The van der Waals surface area contributed by atoms with Crippen LogP contribution in [-0.4, -0.2) is 197 Å². The number of rotatable bonds is 14. The SMILES string of the molecule is COC(=O)NC1C(C)OC(OC2C/C=C(\C)C3C=CC4C(OC5CC(OC6CCC(OC7CC(O)C(OC8CCC(O)C(C)O8)C(C)O7)C(C)O6)C(OC(C)=O)C(C)O5)C(C)CC(C)C4C3(C)/C(O)=C3/C(=O)OC4(CC(C=O)=CC(O)C4/C=C\2C)C3=O)CC1(C)[N+](=O)[O-]. The molecule has 0 radical (unpaired) electrons. The standard InChI is InChI=1S/C67H96N2O24/c1-30-14-18-47(88-54-28-65(11,69(79)80)60(38(9)86-54)68-64(78)81-13)31(2)23-43-45(73)24-40(29-70)27-67(43)62(76)55(63(77)93-67)61(75)66(12)42(30)16-15-41-56(66)32(3)22-33(4)57(41)92-53-26-49(59(37(8)85-53)87-39(10)71)90-50-21-19-48(35(6)83-50)89-52-25-46(74)58(36(7)84-52)91-51-20-17-44(72)34(5)82-51/h14-16,23-24,29,32-38,41-54,56-60,72-75H,17-22,25-28H2,1-13H3,(H,68,78)/b30-14+,31-23-,61-55-. The number of ketones is 1. The van der Waals surface area contributed by atoms with E-state index >= 15 is 4.79 Å². The van der Waals surface area contributed by atoms with Crippen LogP contribution in [0.5, 0.6) is 0 Å². The summed E-state index contributed by atoms with van der Waals surface area (Å²) in [6, 6.07) is -1.12. The van der Waals surface area contributed by atoms with Gasteiger partial charge in [-0.05, 0) is 109 Å². The van der Waals surface area contributed by atoms with Gasteiger partial charge < -0.3 is 87.3 Å². The number of nitrogens with zero attached hydrogens (tertiary/aromatic N) is 1. The Labute approximate surface area is 542 Å². The Morgan fingerprint density at radius 2 is 1.35 bits per heavy atom. The molecule has 518 valence electrons. The lowest BCUT2D eigenvalue weighted by Crippen LogP contribution is -2.65. The molecule has 29 unspecified atom stereocenters. The second kappa shape index (κ2) is 28.2. The van der Waals surface area contributed by atoms with Crippen molar-refractivity contribution >= 4 is 30.1 Å². The van der Waals surface area contributed by atoms with Crippen molar-refractivity contribution in [1.82, 2.24) is 5.32 Å². The number of aliphatic hydroxyl groups excluding tert-OH is 4. The van der Waals surface area contributed by atoms with Crippen LogP contribution in [0.25, 0.3) is 0 Å². The number of ether oxygens (including phenoxy) is 13. The van der Waals surface area contributed by atoms with Crippen molar-refractivity contribution in [2.45, 2.75) is 281 Å². The van der Waals surface area contributed by atoms with Crippen LogP contribution in [0.1, 0.15) is 147 Å². The zero-order valence-electron chi connectivity index (χ0n) is 55.4. The molecule has 29 atom stereocenters. The number of allylic oxidation sites excluding steroid dienone is 3. The molecule has 10 aliphatic rings. The molecule has 6 aliphatic heterocycles. The minimum Gasteiger partial charge on any atom is -0.511 e. The number of esters is 2. The Morgan fingerprint density at radius 1 is 0.720 bits per heavy atom. The molecule has 10 rings (SSSR count). The molecule has 4 aliphatic carbocycles. The Hall–Kier alpha value is -5.07. The molecule has 6 heterocycles. The number of fused-ring (bicyclic) bond motifs is 4. The molecule has 0 aromatic heterocycles. The maximum atomic E-state index is 15.6. The van der Waals surface area contributed by atoms with Crippen LogP contribution in [-0.2, 0) is 80.8 Å².